The number of hydrogen-bond acceptors (Lipinski definition) is 2. The van der Waals surface area contributed by atoms with E-state index in [9.17, 15) is 0 Å². The second-order valence-corrected chi connectivity index (χ2v) is 3.15. The summed E-state index contributed by atoms with van der Waals surface area (Å²) in [5.41, 5.74) is 2.37. The Morgan fingerprint density at radius 1 is 1.27 bits per heavy atom. The molecular weight excluding hydrogens is 210 g/mol. The number of benzene rings is 1. The van der Waals surface area contributed by atoms with Crippen LogP contribution in [0.15, 0.2) is 42.7 Å². The molecule has 80 valence electrons. The molecule has 0 radical (unpaired) electrons. The number of nitrogens with zero attached hydrogens (tertiary/aromatic N) is 2. The van der Waals surface area contributed by atoms with Crippen molar-refractivity contribution in [2.45, 2.75) is 6.54 Å². The van der Waals surface area contributed by atoms with E-state index in [0.29, 0.717) is 0 Å². The largest absolute Gasteiger partial charge is 0.316 e. The summed E-state index contributed by atoms with van der Waals surface area (Å²) >= 11 is 0. The van der Waals surface area contributed by atoms with Crippen molar-refractivity contribution in [3.8, 4) is 5.69 Å². The van der Waals surface area contributed by atoms with Gasteiger partial charge in [-0.1, -0.05) is 12.1 Å². The zero-order valence-electron chi connectivity index (χ0n) is 8.55. The third kappa shape index (κ3) is 2.81. The summed E-state index contributed by atoms with van der Waals surface area (Å²) in [6.07, 6.45) is 3.72. The van der Waals surface area contributed by atoms with Crippen LogP contribution in [0, 0.1) is 0 Å². The Labute approximate surface area is 95.5 Å². The fourth-order valence-corrected chi connectivity index (χ4v) is 1.39. The number of aromatic nitrogens is 2. The predicted octanol–water partition coefficient (Wildman–Crippen LogP) is 2.01. The second kappa shape index (κ2) is 5.53. The van der Waals surface area contributed by atoms with Gasteiger partial charge in [0.05, 0.1) is 5.69 Å². The molecule has 0 spiro atoms. The van der Waals surface area contributed by atoms with Crippen molar-refractivity contribution in [2.24, 2.45) is 0 Å². The Kier molecular flexibility index (Phi) is 4.34. The second-order valence-electron chi connectivity index (χ2n) is 3.15. The van der Waals surface area contributed by atoms with E-state index in [2.05, 4.69) is 34.7 Å². The zero-order chi connectivity index (χ0) is 9.80. The van der Waals surface area contributed by atoms with Crippen molar-refractivity contribution in [1.82, 2.24) is 15.1 Å². The molecule has 0 saturated carbocycles. The number of halogens is 1. The Bertz CT molecular complexity index is 381. The van der Waals surface area contributed by atoms with Gasteiger partial charge in [-0.15, -0.1) is 12.4 Å². The van der Waals surface area contributed by atoms with Crippen molar-refractivity contribution < 1.29 is 0 Å². The molecule has 4 heteroatoms. The third-order valence-corrected chi connectivity index (χ3v) is 2.09. The van der Waals surface area contributed by atoms with E-state index in [1.807, 2.05) is 24.0 Å². The first-order valence-corrected chi connectivity index (χ1v) is 4.64. The van der Waals surface area contributed by atoms with Crippen LogP contribution in [-0.4, -0.2) is 16.8 Å². The SMILES string of the molecule is CNCc1ccc(-n2cccn2)cc1.Cl. The fourth-order valence-electron chi connectivity index (χ4n) is 1.39. The Hall–Kier alpha value is -1.32. The van der Waals surface area contributed by atoms with Gasteiger partial charge in [-0.2, -0.15) is 5.10 Å². The van der Waals surface area contributed by atoms with Crippen LogP contribution in [0.25, 0.3) is 5.69 Å². The predicted molar refractivity (Wildman–Crippen MR) is 63.6 cm³/mol. The average molecular weight is 224 g/mol. The van der Waals surface area contributed by atoms with E-state index in [4.69, 9.17) is 0 Å². The van der Waals surface area contributed by atoms with Gasteiger partial charge in [0.15, 0.2) is 0 Å². The first kappa shape index (κ1) is 11.8. The van der Waals surface area contributed by atoms with Crippen LogP contribution in [0.1, 0.15) is 5.56 Å². The average Bonchev–Trinajstić information content (AvgIpc) is 2.72. The van der Waals surface area contributed by atoms with E-state index in [0.717, 1.165) is 12.2 Å². The maximum atomic E-state index is 4.16. The molecule has 1 aromatic heterocycles. The van der Waals surface area contributed by atoms with Gasteiger partial charge in [-0.05, 0) is 30.8 Å². The molecule has 0 fully saturated rings. The van der Waals surface area contributed by atoms with E-state index >= 15 is 0 Å². The molecule has 1 heterocycles. The van der Waals surface area contributed by atoms with Gasteiger partial charge in [0.2, 0.25) is 0 Å². The topological polar surface area (TPSA) is 29.9 Å². The van der Waals surface area contributed by atoms with Gasteiger partial charge >= 0.3 is 0 Å². The maximum Gasteiger partial charge on any atom is 0.0645 e. The summed E-state index contributed by atoms with van der Waals surface area (Å²) in [5, 5.41) is 7.28. The van der Waals surface area contributed by atoms with Crippen molar-refractivity contribution in [3.05, 3.63) is 48.3 Å². The minimum atomic E-state index is 0. The maximum absolute atomic E-state index is 4.16. The van der Waals surface area contributed by atoms with E-state index in [1.54, 1.807) is 6.20 Å². The van der Waals surface area contributed by atoms with Gasteiger partial charge in [-0.25, -0.2) is 4.68 Å². The lowest BCUT2D eigenvalue weighted by molar-refractivity contribution is 0.815. The van der Waals surface area contributed by atoms with Crippen LogP contribution in [0.2, 0.25) is 0 Å². The van der Waals surface area contributed by atoms with E-state index in [-0.39, 0.29) is 12.4 Å². The highest BCUT2D eigenvalue weighted by Gasteiger charge is 1.95. The summed E-state index contributed by atoms with van der Waals surface area (Å²) in [5.74, 6) is 0. The third-order valence-electron chi connectivity index (χ3n) is 2.09. The summed E-state index contributed by atoms with van der Waals surface area (Å²) in [6, 6.07) is 10.3. The Morgan fingerprint density at radius 2 is 2.00 bits per heavy atom. The molecule has 1 N–H and O–H groups in total. The molecule has 0 amide bonds. The molecule has 0 aliphatic heterocycles. The Balaban J connectivity index is 0.00000112. The first-order valence-electron chi connectivity index (χ1n) is 4.64. The van der Waals surface area contributed by atoms with Crippen molar-refractivity contribution >= 4 is 12.4 Å². The van der Waals surface area contributed by atoms with E-state index in [1.165, 1.54) is 5.56 Å². The minimum absolute atomic E-state index is 0. The minimum Gasteiger partial charge on any atom is -0.316 e. The lowest BCUT2D eigenvalue weighted by Crippen LogP contribution is -2.05. The molecule has 3 nitrogen and oxygen atoms in total. The zero-order valence-corrected chi connectivity index (χ0v) is 9.37. The molecule has 0 bridgehead atoms. The highest BCUT2D eigenvalue weighted by atomic mass is 35.5. The number of rotatable bonds is 3. The molecule has 0 saturated heterocycles. The quantitative estimate of drug-likeness (QED) is 0.863. The van der Waals surface area contributed by atoms with Gasteiger partial charge in [0.1, 0.15) is 0 Å². The van der Waals surface area contributed by atoms with Crippen LogP contribution in [-0.2, 0) is 6.54 Å². The molecule has 0 aliphatic rings. The Morgan fingerprint density at radius 3 is 2.53 bits per heavy atom. The lowest BCUT2D eigenvalue weighted by atomic mass is 10.2. The number of nitrogens with one attached hydrogen (secondary N) is 1. The van der Waals surface area contributed by atoms with Gasteiger partial charge < -0.3 is 5.32 Å². The lowest BCUT2D eigenvalue weighted by Gasteiger charge is -2.03. The smallest absolute Gasteiger partial charge is 0.0645 e. The van der Waals surface area contributed by atoms with Gasteiger partial charge in [0.25, 0.3) is 0 Å². The van der Waals surface area contributed by atoms with Crippen LogP contribution >= 0.6 is 12.4 Å². The molecule has 2 aromatic rings. The van der Waals surface area contributed by atoms with Crippen molar-refractivity contribution in [1.29, 1.82) is 0 Å². The normalized spacial score (nSPS) is 9.67. The molecule has 0 atom stereocenters. The van der Waals surface area contributed by atoms with Crippen molar-refractivity contribution in [2.75, 3.05) is 7.05 Å². The van der Waals surface area contributed by atoms with Gasteiger partial charge in [-0.3, -0.25) is 0 Å². The van der Waals surface area contributed by atoms with Crippen LogP contribution in [0.4, 0.5) is 0 Å². The van der Waals surface area contributed by atoms with Crippen LogP contribution in [0.5, 0.6) is 0 Å². The first-order chi connectivity index (χ1) is 6.90. The molecule has 1 aromatic carbocycles. The van der Waals surface area contributed by atoms with Crippen LogP contribution < -0.4 is 5.32 Å². The van der Waals surface area contributed by atoms with Gasteiger partial charge in [0, 0.05) is 18.9 Å². The highest BCUT2D eigenvalue weighted by molar-refractivity contribution is 5.85. The molecule has 0 aliphatic carbocycles. The van der Waals surface area contributed by atoms with Crippen LogP contribution in [0.3, 0.4) is 0 Å². The number of hydrogen-bond donors (Lipinski definition) is 1. The molecule has 0 unspecified atom stereocenters. The fraction of sp³-hybridized carbons (Fsp3) is 0.182. The summed E-state index contributed by atoms with van der Waals surface area (Å²) < 4.78 is 1.85. The van der Waals surface area contributed by atoms with Crippen molar-refractivity contribution in [3.63, 3.8) is 0 Å². The van der Waals surface area contributed by atoms with E-state index < -0.39 is 0 Å². The monoisotopic (exact) mass is 223 g/mol. The highest BCUT2D eigenvalue weighted by Crippen LogP contribution is 2.07. The summed E-state index contributed by atoms with van der Waals surface area (Å²) in [6.45, 7) is 0.902. The summed E-state index contributed by atoms with van der Waals surface area (Å²) in [4.78, 5) is 0. The summed E-state index contributed by atoms with van der Waals surface area (Å²) in [7, 11) is 1.95. The molecular formula is C11H14ClN3. The standard InChI is InChI=1S/C11H13N3.ClH/c1-12-9-10-3-5-11(6-4-10)14-8-2-7-13-14;/h2-8,12H,9H2,1H3;1H. The molecule has 2 rings (SSSR count). The molecule has 15 heavy (non-hydrogen) atoms.